The first-order valence-corrected chi connectivity index (χ1v) is 4.06. The highest BCUT2D eigenvalue weighted by Crippen LogP contribution is 2.16. The second-order valence-electron chi connectivity index (χ2n) is 2.93. The Balaban J connectivity index is 2.39. The molecule has 0 aromatic carbocycles. The summed E-state index contributed by atoms with van der Waals surface area (Å²) in [5, 5.41) is 3.39. The molecule has 0 aromatic rings. The summed E-state index contributed by atoms with van der Waals surface area (Å²) in [4.78, 5) is 15.6. The van der Waals surface area contributed by atoms with Crippen LogP contribution in [0.2, 0.25) is 0 Å². The molecule has 0 aliphatic carbocycles. The number of azide groups is 1. The van der Waals surface area contributed by atoms with E-state index in [1.807, 2.05) is 6.92 Å². The van der Waals surface area contributed by atoms with Crippen LogP contribution in [0.15, 0.2) is 5.11 Å². The summed E-state index contributed by atoms with van der Waals surface area (Å²) in [6, 6.07) is 0.311. The summed E-state index contributed by atoms with van der Waals surface area (Å²) < 4.78 is 0. The predicted molar refractivity (Wildman–Crippen MR) is 44.4 cm³/mol. The molecule has 0 saturated carbocycles. The lowest BCUT2D eigenvalue weighted by atomic mass is 10.2. The molecule has 1 unspecified atom stereocenters. The number of rotatable bonds is 3. The van der Waals surface area contributed by atoms with Crippen molar-refractivity contribution in [2.45, 2.75) is 25.8 Å². The van der Waals surface area contributed by atoms with E-state index in [9.17, 15) is 4.79 Å². The standard InChI is InChI=1S/C7H12N4O/c1-6-2-3-7(12)11(6)5-4-9-10-8/h6H,2-5H2,1H3. The number of nitrogens with zero attached hydrogens (tertiary/aromatic N) is 4. The van der Waals surface area contributed by atoms with Crippen molar-refractivity contribution < 1.29 is 4.79 Å². The van der Waals surface area contributed by atoms with Crippen LogP contribution in [0.5, 0.6) is 0 Å². The van der Waals surface area contributed by atoms with Crippen molar-refractivity contribution in [3.05, 3.63) is 10.4 Å². The van der Waals surface area contributed by atoms with Crippen LogP contribution in [0.1, 0.15) is 19.8 Å². The summed E-state index contributed by atoms with van der Waals surface area (Å²) in [5.41, 5.74) is 8.03. The average Bonchev–Trinajstić information content (AvgIpc) is 2.35. The minimum Gasteiger partial charge on any atom is -0.340 e. The third-order valence-electron chi connectivity index (χ3n) is 2.13. The molecule has 0 spiro atoms. The van der Waals surface area contributed by atoms with Gasteiger partial charge in [0.1, 0.15) is 0 Å². The van der Waals surface area contributed by atoms with Gasteiger partial charge >= 0.3 is 0 Å². The fourth-order valence-electron chi connectivity index (χ4n) is 1.42. The number of hydrogen-bond acceptors (Lipinski definition) is 2. The Kier molecular flexibility index (Phi) is 2.94. The second-order valence-corrected chi connectivity index (χ2v) is 2.93. The summed E-state index contributed by atoms with van der Waals surface area (Å²) in [5.74, 6) is 0.177. The highest BCUT2D eigenvalue weighted by atomic mass is 16.2. The van der Waals surface area contributed by atoms with E-state index in [1.165, 1.54) is 0 Å². The summed E-state index contributed by atoms with van der Waals surface area (Å²) in [6.07, 6.45) is 1.56. The Morgan fingerprint density at radius 2 is 2.58 bits per heavy atom. The largest absolute Gasteiger partial charge is 0.340 e. The normalized spacial score (nSPS) is 22.6. The monoisotopic (exact) mass is 168 g/mol. The topological polar surface area (TPSA) is 69.1 Å². The first-order valence-electron chi connectivity index (χ1n) is 4.06. The first-order chi connectivity index (χ1) is 5.75. The molecule has 1 aliphatic heterocycles. The molecule has 1 fully saturated rings. The van der Waals surface area contributed by atoms with Crippen molar-refractivity contribution in [2.24, 2.45) is 5.11 Å². The molecule has 0 N–H and O–H groups in total. The van der Waals surface area contributed by atoms with Crippen molar-refractivity contribution in [3.63, 3.8) is 0 Å². The third-order valence-corrected chi connectivity index (χ3v) is 2.13. The van der Waals surface area contributed by atoms with Crippen LogP contribution in [0.3, 0.4) is 0 Å². The van der Waals surface area contributed by atoms with Gasteiger partial charge in [-0.15, -0.1) is 0 Å². The van der Waals surface area contributed by atoms with Crippen molar-refractivity contribution in [3.8, 4) is 0 Å². The molecule has 1 heterocycles. The van der Waals surface area contributed by atoms with Gasteiger partial charge in [0.25, 0.3) is 0 Å². The Bertz CT molecular complexity index is 221. The lowest BCUT2D eigenvalue weighted by Crippen LogP contribution is -2.33. The maximum Gasteiger partial charge on any atom is 0.222 e. The van der Waals surface area contributed by atoms with Crippen molar-refractivity contribution in [2.75, 3.05) is 13.1 Å². The van der Waals surface area contributed by atoms with E-state index in [1.54, 1.807) is 4.90 Å². The summed E-state index contributed by atoms with van der Waals surface area (Å²) >= 11 is 0. The molecule has 1 saturated heterocycles. The van der Waals surface area contributed by atoms with Crippen LogP contribution in [0, 0.1) is 0 Å². The van der Waals surface area contributed by atoms with Crippen molar-refractivity contribution in [1.82, 2.24) is 4.90 Å². The summed E-state index contributed by atoms with van der Waals surface area (Å²) in [7, 11) is 0. The van der Waals surface area contributed by atoms with Crippen molar-refractivity contribution >= 4 is 5.91 Å². The fourth-order valence-corrected chi connectivity index (χ4v) is 1.42. The van der Waals surface area contributed by atoms with Crippen LogP contribution < -0.4 is 0 Å². The molecular formula is C7H12N4O. The zero-order chi connectivity index (χ0) is 8.97. The highest BCUT2D eigenvalue weighted by molar-refractivity contribution is 5.78. The Labute approximate surface area is 71.0 Å². The quantitative estimate of drug-likeness (QED) is 0.356. The molecule has 0 radical (unpaired) electrons. The minimum atomic E-state index is 0.177. The molecule has 1 atom stereocenters. The van der Waals surface area contributed by atoms with Gasteiger partial charge in [-0.25, -0.2) is 0 Å². The van der Waals surface area contributed by atoms with E-state index in [-0.39, 0.29) is 5.91 Å². The van der Waals surface area contributed by atoms with Gasteiger partial charge in [-0.3, -0.25) is 4.79 Å². The van der Waals surface area contributed by atoms with Crippen LogP contribution in [0.25, 0.3) is 10.4 Å². The number of hydrogen-bond donors (Lipinski definition) is 0. The smallest absolute Gasteiger partial charge is 0.222 e. The zero-order valence-electron chi connectivity index (χ0n) is 7.10. The molecule has 0 bridgehead atoms. The molecular weight excluding hydrogens is 156 g/mol. The van der Waals surface area contributed by atoms with E-state index in [0.717, 1.165) is 6.42 Å². The molecule has 1 amide bonds. The molecule has 12 heavy (non-hydrogen) atoms. The van der Waals surface area contributed by atoms with Crippen LogP contribution in [-0.4, -0.2) is 29.9 Å². The van der Waals surface area contributed by atoms with Gasteiger partial charge in [-0.05, 0) is 18.9 Å². The van der Waals surface area contributed by atoms with E-state index in [4.69, 9.17) is 5.53 Å². The van der Waals surface area contributed by atoms with Gasteiger partial charge in [-0.1, -0.05) is 5.11 Å². The predicted octanol–water partition coefficient (Wildman–Crippen LogP) is 1.31. The molecule has 5 heteroatoms. The second kappa shape index (κ2) is 3.97. The molecule has 5 nitrogen and oxygen atoms in total. The number of carbonyl (C=O) groups excluding carboxylic acids is 1. The molecule has 1 rings (SSSR count). The van der Waals surface area contributed by atoms with Gasteiger partial charge < -0.3 is 4.90 Å². The van der Waals surface area contributed by atoms with E-state index in [2.05, 4.69) is 10.0 Å². The third kappa shape index (κ3) is 1.89. The summed E-state index contributed by atoms with van der Waals surface area (Å²) in [6.45, 7) is 2.96. The molecule has 1 aliphatic rings. The Morgan fingerprint density at radius 3 is 3.08 bits per heavy atom. The first kappa shape index (κ1) is 8.87. The van der Waals surface area contributed by atoms with Crippen LogP contribution in [-0.2, 0) is 4.79 Å². The number of amides is 1. The Hall–Kier alpha value is -1.22. The minimum absolute atomic E-state index is 0.177. The molecule has 66 valence electrons. The SMILES string of the molecule is CC1CCC(=O)N1CCN=[N+]=[N-]. The van der Waals surface area contributed by atoms with Crippen LogP contribution in [0.4, 0.5) is 0 Å². The van der Waals surface area contributed by atoms with E-state index >= 15 is 0 Å². The van der Waals surface area contributed by atoms with Gasteiger partial charge in [0, 0.05) is 30.5 Å². The van der Waals surface area contributed by atoms with E-state index in [0.29, 0.717) is 25.6 Å². The van der Waals surface area contributed by atoms with Gasteiger partial charge in [0.15, 0.2) is 0 Å². The molecule has 0 aromatic heterocycles. The zero-order valence-corrected chi connectivity index (χ0v) is 7.10. The maximum atomic E-state index is 11.2. The van der Waals surface area contributed by atoms with Gasteiger partial charge in [-0.2, -0.15) is 0 Å². The van der Waals surface area contributed by atoms with Gasteiger partial charge in [0.05, 0.1) is 0 Å². The highest BCUT2D eigenvalue weighted by Gasteiger charge is 2.26. The fraction of sp³-hybridized carbons (Fsp3) is 0.857. The lowest BCUT2D eigenvalue weighted by molar-refractivity contribution is -0.128. The van der Waals surface area contributed by atoms with Crippen LogP contribution >= 0.6 is 0 Å². The maximum absolute atomic E-state index is 11.2. The van der Waals surface area contributed by atoms with E-state index < -0.39 is 0 Å². The average molecular weight is 168 g/mol. The van der Waals surface area contributed by atoms with Gasteiger partial charge in [0.2, 0.25) is 5.91 Å². The Morgan fingerprint density at radius 1 is 1.83 bits per heavy atom. The lowest BCUT2D eigenvalue weighted by Gasteiger charge is -2.19. The number of likely N-dealkylation sites (tertiary alicyclic amines) is 1. The number of carbonyl (C=O) groups is 1. The van der Waals surface area contributed by atoms with Crippen molar-refractivity contribution in [1.29, 1.82) is 0 Å².